The lowest BCUT2D eigenvalue weighted by molar-refractivity contribution is 0.145. The molecular weight excluding hydrogens is 468 g/mol. The third kappa shape index (κ3) is 3.41. The lowest BCUT2D eigenvalue weighted by Gasteiger charge is -2.28. The van der Waals surface area contributed by atoms with Gasteiger partial charge in [-0.2, -0.15) is 15.3 Å². The molecule has 1 aliphatic rings. The Morgan fingerprint density at radius 3 is 2.79 bits per heavy atom. The molecule has 3 N–H and O–H groups in total. The van der Waals surface area contributed by atoms with E-state index in [9.17, 15) is 18.8 Å². The second-order valence-corrected chi connectivity index (χ2v) is 8.01. The first-order valence-corrected chi connectivity index (χ1v) is 10.6. The van der Waals surface area contributed by atoms with Crippen molar-refractivity contribution >= 4 is 34.3 Å². The summed E-state index contributed by atoms with van der Waals surface area (Å²) in [4.78, 5) is 27.6. The van der Waals surface area contributed by atoms with Crippen LogP contribution < -0.4 is 16.2 Å². The minimum absolute atomic E-state index is 0.0261. The van der Waals surface area contributed by atoms with E-state index >= 15 is 0 Å². The standard InChI is InChI=1S/C21H16ClF2N9O/c22-11-3-1-4-12-15(11)20(34)33(14-6-7-27-31-14)19(28-12)13-5-2-8-32(13)18-10(9-25)16(17(23)24)29-21(26)30-18/h1,3-4,6-7,13,17H,2,5,8H2,(H,27,31)(H2,26,29,30). The number of nitrogens with zero attached hydrogens (tertiary/aromatic N) is 7. The fourth-order valence-corrected chi connectivity index (χ4v) is 4.52. The molecule has 1 unspecified atom stereocenters. The van der Waals surface area contributed by atoms with Crippen LogP contribution in [0.1, 0.15) is 42.4 Å². The predicted molar refractivity (Wildman–Crippen MR) is 120 cm³/mol. The molecule has 1 aromatic carbocycles. The Morgan fingerprint density at radius 2 is 2.09 bits per heavy atom. The number of H-pyrrole nitrogens is 1. The Hall–Kier alpha value is -4.11. The summed E-state index contributed by atoms with van der Waals surface area (Å²) in [6.07, 6.45) is -0.305. The Kier molecular flexibility index (Phi) is 5.33. The van der Waals surface area contributed by atoms with Crippen molar-refractivity contribution in [1.82, 2.24) is 29.7 Å². The molecule has 1 atom stereocenters. The Balaban J connectivity index is 1.76. The molecule has 0 spiro atoms. The van der Waals surface area contributed by atoms with E-state index in [2.05, 4.69) is 20.2 Å². The van der Waals surface area contributed by atoms with Gasteiger partial charge in [0.15, 0.2) is 11.6 Å². The van der Waals surface area contributed by atoms with E-state index in [1.54, 1.807) is 41.4 Å². The van der Waals surface area contributed by atoms with Crippen LogP contribution in [-0.2, 0) is 0 Å². The van der Waals surface area contributed by atoms with Crippen molar-refractivity contribution in [2.24, 2.45) is 0 Å². The van der Waals surface area contributed by atoms with Crippen molar-refractivity contribution in [2.45, 2.75) is 25.3 Å². The van der Waals surface area contributed by atoms with Crippen molar-refractivity contribution in [1.29, 1.82) is 5.26 Å². The lowest BCUT2D eigenvalue weighted by atomic mass is 10.1. The lowest BCUT2D eigenvalue weighted by Crippen LogP contribution is -2.33. The van der Waals surface area contributed by atoms with Crippen LogP contribution in [0.2, 0.25) is 5.02 Å². The van der Waals surface area contributed by atoms with Gasteiger partial charge in [0.25, 0.3) is 12.0 Å². The number of hydrogen-bond acceptors (Lipinski definition) is 8. The zero-order valence-corrected chi connectivity index (χ0v) is 18.2. The third-order valence-electron chi connectivity index (χ3n) is 5.66. The normalized spacial score (nSPS) is 15.9. The van der Waals surface area contributed by atoms with Gasteiger partial charge < -0.3 is 10.6 Å². The minimum atomic E-state index is -3.01. The van der Waals surface area contributed by atoms with E-state index in [1.807, 2.05) is 0 Å². The van der Waals surface area contributed by atoms with Gasteiger partial charge >= 0.3 is 0 Å². The van der Waals surface area contributed by atoms with Gasteiger partial charge in [-0.3, -0.25) is 9.89 Å². The molecule has 1 fully saturated rings. The number of anilines is 2. The fourth-order valence-electron chi connectivity index (χ4n) is 4.27. The fraction of sp³-hybridized carbons (Fsp3) is 0.238. The molecule has 0 amide bonds. The van der Waals surface area contributed by atoms with E-state index in [-0.39, 0.29) is 33.6 Å². The van der Waals surface area contributed by atoms with Crippen LogP contribution in [-0.4, -0.2) is 36.3 Å². The van der Waals surface area contributed by atoms with E-state index in [0.717, 1.165) is 0 Å². The Labute approximate surface area is 195 Å². The molecule has 172 valence electrons. The summed E-state index contributed by atoms with van der Waals surface area (Å²) in [5.74, 6) is 0.195. The number of nitrogen functional groups attached to an aromatic ring is 1. The molecule has 10 nitrogen and oxygen atoms in total. The summed E-state index contributed by atoms with van der Waals surface area (Å²) in [6, 6.07) is 7.75. The smallest absolute Gasteiger partial charge is 0.281 e. The molecule has 5 rings (SSSR count). The molecule has 0 aliphatic carbocycles. The number of benzene rings is 1. The van der Waals surface area contributed by atoms with Crippen LogP contribution in [0.5, 0.6) is 0 Å². The van der Waals surface area contributed by atoms with E-state index < -0.39 is 23.7 Å². The molecular formula is C21H16ClF2N9O. The van der Waals surface area contributed by atoms with Crippen molar-refractivity contribution in [3.63, 3.8) is 0 Å². The zero-order valence-electron chi connectivity index (χ0n) is 17.4. The number of nitrogens with one attached hydrogen (secondary N) is 1. The van der Waals surface area contributed by atoms with Crippen LogP contribution in [0.15, 0.2) is 35.3 Å². The highest BCUT2D eigenvalue weighted by molar-refractivity contribution is 6.35. The van der Waals surface area contributed by atoms with E-state index in [1.165, 1.54) is 4.57 Å². The first-order chi connectivity index (χ1) is 16.4. The monoisotopic (exact) mass is 483 g/mol. The Morgan fingerprint density at radius 1 is 1.26 bits per heavy atom. The minimum Gasteiger partial charge on any atom is -0.368 e. The second-order valence-electron chi connectivity index (χ2n) is 7.61. The largest absolute Gasteiger partial charge is 0.368 e. The maximum atomic E-state index is 13.6. The number of hydrogen-bond donors (Lipinski definition) is 2. The van der Waals surface area contributed by atoms with Gasteiger partial charge in [-0.05, 0) is 25.0 Å². The number of aromatic amines is 1. The molecule has 0 saturated carbocycles. The quantitative estimate of drug-likeness (QED) is 0.450. The number of fused-ring (bicyclic) bond motifs is 1. The maximum Gasteiger partial charge on any atom is 0.281 e. The average Bonchev–Trinajstić information content (AvgIpc) is 3.50. The van der Waals surface area contributed by atoms with Gasteiger partial charge in [0.1, 0.15) is 23.2 Å². The summed E-state index contributed by atoms with van der Waals surface area (Å²) in [7, 11) is 0. The van der Waals surface area contributed by atoms with E-state index in [0.29, 0.717) is 30.7 Å². The maximum absolute atomic E-state index is 13.6. The molecule has 0 radical (unpaired) electrons. The van der Waals surface area contributed by atoms with Crippen LogP contribution >= 0.6 is 11.6 Å². The highest BCUT2D eigenvalue weighted by atomic mass is 35.5. The number of nitriles is 1. The molecule has 1 aliphatic heterocycles. The highest BCUT2D eigenvalue weighted by Gasteiger charge is 2.35. The zero-order chi connectivity index (χ0) is 24.0. The number of rotatable bonds is 4. The summed E-state index contributed by atoms with van der Waals surface area (Å²) in [5.41, 5.74) is 4.55. The number of alkyl halides is 2. The summed E-state index contributed by atoms with van der Waals surface area (Å²) in [5, 5.41) is 16.9. The number of nitrogens with two attached hydrogens (primary N) is 1. The predicted octanol–water partition coefficient (Wildman–Crippen LogP) is 3.29. The van der Waals surface area contributed by atoms with Gasteiger partial charge in [0, 0.05) is 18.8 Å². The molecule has 3 aromatic heterocycles. The van der Waals surface area contributed by atoms with Gasteiger partial charge in [0.05, 0.1) is 22.0 Å². The molecule has 1 saturated heterocycles. The first kappa shape index (κ1) is 21.7. The van der Waals surface area contributed by atoms with Crippen LogP contribution in [0.3, 0.4) is 0 Å². The van der Waals surface area contributed by atoms with Gasteiger partial charge in [0.2, 0.25) is 5.95 Å². The van der Waals surface area contributed by atoms with Crippen LogP contribution in [0, 0.1) is 11.3 Å². The van der Waals surface area contributed by atoms with E-state index in [4.69, 9.17) is 22.3 Å². The Bertz CT molecular complexity index is 1500. The van der Waals surface area contributed by atoms with Crippen molar-refractivity contribution < 1.29 is 8.78 Å². The van der Waals surface area contributed by atoms with Crippen molar-refractivity contribution in [3.05, 3.63) is 62.9 Å². The molecule has 13 heteroatoms. The summed E-state index contributed by atoms with van der Waals surface area (Å²) < 4.78 is 28.5. The third-order valence-corrected chi connectivity index (χ3v) is 5.98. The SMILES string of the molecule is N#Cc1c(C(F)F)nc(N)nc1N1CCCC1c1nc2cccc(Cl)c2c(=O)n1-c1cc[nH]n1. The topological polar surface area (TPSA) is 142 Å². The highest BCUT2D eigenvalue weighted by Crippen LogP contribution is 2.39. The average molecular weight is 484 g/mol. The van der Waals surface area contributed by atoms with Crippen molar-refractivity contribution in [3.8, 4) is 11.9 Å². The molecule has 0 bridgehead atoms. The van der Waals surface area contributed by atoms with Gasteiger partial charge in [-0.1, -0.05) is 17.7 Å². The van der Waals surface area contributed by atoms with Crippen LogP contribution in [0.4, 0.5) is 20.5 Å². The summed E-state index contributed by atoms with van der Waals surface area (Å²) >= 11 is 6.31. The molecule has 4 aromatic rings. The molecule has 34 heavy (non-hydrogen) atoms. The number of aromatic nitrogens is 6. The van der Waals surface area contributed by atoms with Crippen LogP contribution in [0.25, 0.3) is 16.7 Å². The van der Waals surface area contributed by atoms with Gasteiger partial charge in [-0.25, -0.2) is 23.3 Å². The number of halogens is 3. The summed E-state index contributed by atoms with van der Waals surface area (Å²) in [6.45, 7) is 0.377. The molecule has 4 heterocycles. The van der Waals surface area contributed by atoms with Crippen molar-refractivity contribution in [2.75, 3.05) is 17.2 Å². The first-order valence-electron chi connectivity index (χ1n) is 10.2. The van der Waals surface area contributed by atoms with Gasteiger partial charge in [-0.15, -0.1) is 0 Å². The second kappa shape index (κ2) is 8.35.